The van der Waals surface area contributed by atoms with Crippen LogP contribution >= 0.6 is 11.8 Å². The van der Waals surface area contributed by atoms with Crippen molar-refractivity contribution in [2.75, 3.05) is 0 Å². The van der Waals surface area contributed by atoms with Crippen LogP contribution < -0.4 is 5.32 Å². The molecule has 1 heterocycles. The lowest BCUT2D eigenvalue weighted by Crippen LogP contribution is -2.46. The average molecular weight is 467 g/mol. The van der Waals surface area contributed by atoms with Crippen LogP contribution in [0.15, 0.2) is 18.2 Å². The van der Waals surface area contributed by atoms with Gasteiger partial charge in [0.15, 0.2) is 11.6 Å². The number of halogens is 2. The molecule has 1 aliphatic heterocycles. The zero-order valence-electron chi connectivity index (χ0n) is 18.7. The van der Waals surface area contributed by atoms with Crippen molar-refractivity contribution in [1.29, 1.82) is 0 Å². The van der Waals surface area contributed by atoms with Gasteiger partial charge in [0.2, 0.25) is 16.9 Å². The minimum Gasteiger partial charge on any atom is -0.345 e. The summed E-state index contributed by atoms with van der Waals surface area (Å²) in [6.07, 6.45) is 6.33. The Hall–Kier alpha value is -1.96. The van der Waals surface area contributed by atoms with Gasteiger partial charge in [-0.05, 0) is 31.2 Å². The first-order valence-corrected chi connectivity index (χ1v) is 12.4. The van der Waals surface area contributed by atoms with Crippen LogP contribution in [0, 0.1) is 17.6 Å². The molecule has 1 aromatic rings. The van der Waals surface area contributed by atoms with Gasteiger partial charge in [0.25, 0.3) is 0 Å². The van der Waals surface area contributed by atoms with Crippen molar-refractivity contribution in [1.82, 2.24) is 10.2 Å². The second-order valence-corrected chi connectivity index (χ2v) is 10.4. The average Bonchev–Trinajstić information content (AvgIpc) is 3.09. The lowest BCUT2D eigenvalue weighted by molar-refractivity contribution is -0.131. The molecular weight excluding hydrogens is 434 g/mol. The van der Waals surface area contributed by atoms with Crippen molar-refractivity contribution < 1.29 is 23.2 Å². The summed E-state index contributed by atoms with van der Waals surface area (Å²) in [6.45, 7) is 3.73. The van der Waals surface area contributed by atoms with Gasteiger partial charge in [0, 0.05) is 36.2 Å². The molecular formula is C24H32F2N2O3S. The van der Waals surface area contributed by atoms with E-state index in [1.807, 2.05) is 13.8 Å². The van der Waals surface area contributed by atoms with Crippen molar-refractivity contribution in [3.05, 3.63) is 35.4 Å². The molecule has 1 aliphatic carbocycles. The van der Waals surface area contributed by atoms with Gasteiger partial charge in [-0.1, -0.05) is 57.0 Å². The molecule has 0 bridgehead atoms. The molecule has 1 N–H and O–H groups in total. The quantitative estimate of drug-likeness (QED) is 0.609. The monoisotopic (exact) mass is 466 g/mol. The van der Waals surface area contributed by atoms with Gasteiger partial charge >= 0.3 is 0 Å². The number of carbonyl (C=O) groups excluding carboxylic acids is 3. The molecule has 0 spiro atoms. The minimum atomic E-state index is -0.972. The molecule has 2 atom stereocenters. The van der Waals surface area contributed by atoms with E-state index < -0.39 is 23.7 Å². The van der Waals surface area contributed by atoms with E-state index in [1.165, 1.54) is 35.2 Å². The van der Waals surface area contributed by atoms with Gasteiger partial charge in [0.1, 0.15) is 6.04 Å². The second kappa shape index (κ2) is 11.3. The molecule has 176 valence electrons. The van der Waals surface area contributed by atoms with Gasteiger partial charge in [-0.2, -0.15) is 0 Å². The predicted octanol–water partition coefficient (Wildman–Crippen LogP) is 4.58. The second-order valence-electron chi connectivity index (χ2n) is 9.12. The van der Waals surface area contributed by atoms with Crippen molar-refractivity contribution in [3.63, 3.8) is 0 Å². The van der Waals surface area contributed by atoms with Crippen LogP contribution in [0.25, 0.3) is 0 Å². The van der Waals surface area contributed by atoms with Gasteiger partial charge < -0.3 is 10.2 Å². The summed E-state index contributed by atoms with van der Waals surface area (Å²) in [5.74, 6) is -2.47. The van der Waals surface area contributed by atoms with E-state index in [2.05, 4.69) is 5.32 Å². The topological polar surface area (TPSA) is 66.5 Å². The van der Waals surface area contributed by atoms with Gasteiger partial charge in [-0.15, -0.1) is 0 Å². The zero-order chi connectivity index (χ0) is 23.3. The lowest BCUT2D eigenvalue weighted by Gasteiger charge is -2.27. The first-order valence-electron chi connectivity index (χ1n) is 11.5. The normalized spacial score (nSPS) is 20.6. The first kappa shape index (κ1) is 24.7. The molecule has 3 rings (SSSR count). The Morgan fingerprint density at radius 2 is 1.88 bits per heavy atom. The van der Waals surface area contributed by atoms with Crippen molar-refractivity contribution in [2.24, 2.45) is 5.92 Å². The van der Waals surface area contributed by atoms with Crippen LogP contribution in [-0.4, -0.2) is 39.2 Å². The summed E-state index contributed by atoms with van der Waals surface area (Å²) in [4.78, 5) is 39.4. The highest BCUT2D eigenvalue weighted by Crippen LogP contribution is 2.30. The molecule has 5 nitrogen and oxygen atoms in total. The predicted molar refractivity (Wildman–Crippen MR) is 121 cm³/mol. The number of nitrogens with one attached hydrogen (secondary N) is 1. The van der Waals surface area contributed by atoms with Crippen molar-refractivity contribution in [2.45, 2.75) is 89.1 Å². The molecule has 1 aromatic carbocycles. The maximum Gasteiger partial charge on any atom is 0.223 e. The largest absolute Gasteiger partial charge is 0.345 e. The maximum absolute atomic E-state index is 14.1. The van der Waals surface area contributed by atoms with Crippen LogP contribution in [0.3, 0.4) is 0 Å². The molecule has 2 fully saturated rings. The van der Waals surface area contributed by atoms with Crippen molar-refractivity contribution in [3.8, 4) is 0 Å². The Morgan fingerprint density at radius 1 is 1.16 bits per heavy atom. The number of nitrogens with zero attached hydrogens (tertiary/aromatic N) is 1. The summed E-state index contributed by atoms with van der Waals surface area (Å²) < 4.78 is 27.6. The highest BCUT2D eigenvalue weighted by Gasteiger charge is 2.35. The Bertz CT molecular complexity index is 843. The summed E-state index contributed by atoms with van der Waals surface area (Å²) in [5.41, 5.74) is 0.0878. The van der Waals surface area contributed by atoms with Crippen LogP contribution in [0.4, 0.5) is 8.78 Å². The van der Waals surface area contributed by atoms with E-state index in [4.69, 9.17) is 0 Å². The first-order chi connectivity index (χ1) is 15.3. The Balaban J connectivity index is 1.60. The van der Waals surface area contributed by atoms with Crippen LogP contribution in [0.1, 0.15) is 70.8 Å². The molecule has 1 saturated heterocycles. The highest BCUT2D eigenvalue weighted by atomic mass is 32.2. The van der Waals surface area contributed by atoms with Gasteiger partial charge in [-0.3, -0.25) is 14.4 Å². The number of likely N-dealkylation sites (tertiary alicyclic amines) is 1. The SMILES string of the molecule is CC(C)[C@H](NC(=O)C[C@@H]1CCC(=O)N1Cc1cccc(F)c1F)C(=O)SC1CCCCC1. The minimum absolute atomic E-state index is 0.0126. The number of thioether (sulfide) groups is 1. The Kier molecular flexibility index (Phi) is 8.68. The summed E-state index contributed by atoms with van der Waals surface area (Å²) >= 11 is 1.35. The summed E-state index contributed by atoms with van der Waals surface area (Å²) in [7, 11) is 0. The third-order valence-corrected chi connectivity index (χ3v) is 7.61. The molecule has 2 amide bonds. The van der Waals surface area contributed by atoms with Gasteiger partial charge in [0.05, 0.1) is 0 Å². The number of hydrogen-bond donors (Lipinski definition) is 1. The molecule has 0 radical (unpaired) electrons. The zero-order valence-corrected chi connectivity index (χ0v) is 19.6. The summed E-state index contributed by atoms with van der Waals surface area (Å²) in [6, 6.07) is 2.89. The van der Waals surface area contributed by atoms with E-state index in [9.17, 15) is 23.2 Å². The van der Waals surface area contributed by atoms with Gasteiger partial charge in [-0.25, -0.2) is 8.78 Å². The van der Waals surface area contributed by atoms with E-state index >= 15 is 0 Å². The van der Waals surface area contributed by atoms with Crippen LogP contribution in [0.2, 0.25) is 0 Å². The molecule has 2 aliphatic rings. The summed E-state index contributed by atoms with van der Waals surface area (Å²) in [5, 5.41) is 3.18. The number of rotatable bonds is 8. The fourth-order valence-electron chi connectivity index (χ4n) is 4.44. The third kappa shape index (κ3) is 6.30. The van der Waals surface area contributed by atoms with Crippen LogP contribution in [0.5, 0.6) is 0 Å². The van der Waals surface area contributed by atoms with E-state index in [0.717, 1.165) is 31.7 Å². The lowest BCUT2D eigenvalue weighted by atomic mass is 10.0. The fourth-order valence-corrected chi connectivity index (χ4v) is 5.82. The Labute approximate surface area is 192 Å². The van der Waals surface area contributed by atoms with E-state index in [-0.39, 0.29) is 47.8 Å². The highest BCUT2D eigenvalue weighted by molar-refractivity contribution is 8.14. The molecule has 8 heteroatoms. The maximum atomic E-state index is 14.1. The fraction of sp³-hybridized carbons (Fsp3) is 0.625. The smallest absolute Gasteiger partial charge is 0.223 e. The number of carbonyl (C=O) groups is 3. The molecule has 0 unspecified atom stereocenters. The number of hydrogen-bond acceptors (Lipinski definition) is 4. The van der Waals surface area contributed by atoms with Crippen molar-refractivity contribution >= 4 is 28.7 Å². The van der Waals surface area contributed by atoms with E-state index in [0.29, 0.717) is 11.7 Å². The molecule has 1 saturated carbocycles. The number of benzene rings is 1. The third-order valence-electron chi connectivity index (χ3n) is 6.32. The Morgan fingerprint density at radius 3 is 2.56 bits per heavy atom. The molecule has 32 heavy (non-hydrogen) atoms. The van der Waals surface area contributed by atoms with Crippen LogP contribution in [-0.2, 0) is 20.9 Å². The van der Waals surface area contributed by atoms with E-state index in [1.54, 1.807) is 0 Å². The number of amides is 2. The molecule has 0 aromatic heterocycles. The standard InChI is InChI=1S/C24H32F2N2O3S/c1-15(2)23(24(31)32-18-8-4-3-5-9-18)27-20(29)13-17-11-12-21(30)28(17)14-16-7-6-10-19(25)22(16)26/h6-7,10,15,17-18,23H,3-5,8-9,11-14H2,1-2H3,(H,27,29)/t17-,23-/m0/s1.